The molecule has 1 N–H and O–H groups in total. The summed E-state index contributed by atoms with van der Waals surface area (Å²) in [7, 11) is 0. The van der Waals surface area contributed by atoms with Crippen LogP contribution in [0, 0.1) is 12.7 Å². The van der Waals surface area contributed by atoms with E-state index >= 15 is 0 Å². The van der Waals surface area contributed by atoms with Gasteiger partial charge in [-0.15, -0.1) is 0 Å². The fourth-order valence-electron chi connectivity index (χ4n) is 1.91. The van der Waals surface area contributed by atoms with E-state index in [9.17, 15) is 9.18 Å². The minimum atomic E-state index is -0.293. The Bertz CT molecular complexity index is 580. The van der Waals surface area contributed by atoms with Gasteiger partial charge in [0.1, 0.15) is 5.82 Å². The molecular formula is C16H16FNO. The van der Waals surface area contributed by atoms with Crippen LogP contribution in [0.4, 0.5) is 4.39 Å². The summed E-state index contributed by atoms with van der Waals surface area (Å²) in [5.41, 5.74) is 2.59. The third-order valence-electron chi connectivity index (χ3n) is 2.88. The lowest BCUT2D eigenvalue weighted by Crippen LogP contribution is -2.25. The van der Waals surface area contributed by atoms with Crippen molar-refractivity contribution in [2.45, 2.75) is 19.9 Å². The Morgan fingerprint density at radius 1 is 1.16 bits per heavy atom. The van der Waals surface area contributed by atoms with Crippen LogP contribution in [-0.4, -0.2) is 5.91 Å². The highest BCUT2D eigenvalue weighted by molar-refractivity contribution is 5.78. The van der Waals surface area contributed by atoms with Crippen LogP contribution in [0.1, 0.15) is 16.7 Å². The molecule has 0 fully saturated rings. The smallest absolute Gasteiger partial charge is 0.224 e. The minimum absolute atomic E-state index is 0.103. The third-order valence-corrected chi connectivity index (χ3v) is 2.88. The number of benzene rings is 2. The van der Waals surface area contributed by atoms with E-state index in [1.165, 1.54) is 6.07 Å². The molecule has 0 atom stereocenters. The molecule has 2 rings (SSSR count). The van der Waals surface area contributed by atoms with E-state index < -0.39 is 0 Å². The SMILES string of the molecule is Cc1cccc(CC(=O)NCc2ccccc2F)c1. The first-order valence-corrected chi connectivity index (χ1v) is 6.21. The monoisotopic (exact) mass is 257 g/mol. The summed E-state index contributed by atoms with van der Waals surface area (Å²) in [5, 5.41) is 2.73. The van der Waals surface area contributed by atoms with Crippen LogP contribution in [0.15, 0.2) is 48.5 Å². The Kier molecular flexibility index (Phi) is 4.29. The van der Waals surface area contributed by atoms with Gasteiger partial charge in [0, 0.05) is 12.1 Å². The Labute approximate surface area is 112 Å². The molecular weight excluding hydrogens is 241 g/mol. The first kappa shape index (κ1) is 13.3. The van der Waals surface area contributed by atoms with E-state index in [2.05, 4.69) is 5.32 Å². The maximum Gasteiger partial charge on any atom is 0.224 e. The van der Waals surface area contributed by atoms with Crippen molar-refractivity contribution in [1.29, 1.82) is 0 Å². The number of rotatable bonds is 4. The molecule has 0 aromatic heterocycles. The molecule has 0 aliphatic heterocycles. The first-order chi connectivity index (χ1) is 9.15. The highest BCUT2D eigenvalue weighted by Gasteiger charge is 2.05. The van der Waals surface area contributed by atoms with E-state index in [1.54, 1.807) is 18.2 Å². The molecule has 0 saturated carbocycles. The zero-order chi connectivity index (χ0) is 13.7. The molecule has 0 bridgehead atoms. The quantitative estimate of drug-likeness (QED) is 0.896. The van der Waals surface area contributed by atoms with Gasteiger partial charge in [0.15, 0.2) is 0 Å². The summed E-state index contributed by atoms with van der Waals surface area (Å²) in [6.07, 6.45) is 0.316. The maximum absolute atomic E-state index is 13.4. The predicted molar refractivity (Wildman–Crippen MR) is 73.1 cm³/mol. The molecule has 2 aromatic carbocycles. The van der Waals surface area contributed by atoms with Gasteiger partial charge in [0.25, 0.3) is 0 Å². The van der Waals surface area contributed by atoms with Crippen molar-refractivity contribution in [3.05, 3.63) is 71.0 Å². The fraction of sp³-hybridized carbons (Fsp3) is 0.188. The van der Waals surface area contributed by atoms with Crippen molar-refractivity contribution in [3.63, 3.8) is 0 Å². The van der Waals surface area contributed by atoms with Crippen LogP contribution < -0.4 is 5.32 Å². The largest absolute Gasteiger partial charge is 0.352 e. The lowest BCUT2D eigenvalue weighted by Gasteiger charge is -2.06. The topological polar surface area (TPSA) is 29.1 Å². The van der Waals surface area contributed by atoms with Crippen molar-refractivity contribution in [1.82, 2.24) is 5.32 Å². The Morgan fingerprint density at radius 2 is 1.95 bits per heavy atom. The highest BCUT2D eigenvalue weighted by Crippen LogP contribution is 2.07. The average Bonchev–Trinajstić information content (AvgIpc) is 2.38. The third kappa shape index (κ3) is 3.91. The van der Waals surface area contributed by atoms with E-state index in [1.807, 2.05) is 31.2 Å². The summed E-state index contributed by atoms with van der Waals surface area (Å²) < 4.78 is 13.4. The molecule has 98 valence electrons. The van der Waals surface area contributed by atoms with Gasteiger partial charge in [-0.05, 0) is 18.6 Å². The van der Waals surface area contributed by atoms with Gasteiger partial charge < -0.3 is 5.32 Å². The number of hydrogen-bond donors (Lipinski definition) is 1. The van der Waals surface area contributed by atoms with Crippen molar-refractivity contribution in [2.24, 2.45) is 0 Å². The van der Waals surface area contributed by atoms with Gasteiger partial charge in [-0.2, -0.15) is 0 Å². The van der Waals surface area contributed by atoms with E-state index in [0.29, 0.717) is 12.0 Å². The van der Waals surface area contributed by atoms with Crippen LogP contribution >= 0.6 is 0 Å². The molecule has 19 heavy (non-hydrogen) atoms. The maximum atomic E-state index is 13.4. The van der Waals surface area contributed by atoms with Crippen molar-refractivity contribution in [3.8, 4) is 0 Å². The standard InChI is InChI=1S/C16H16FNO/c1-12-5-4-6-13(9-12)10-16(19)18-11-14-7-2-3-8-15(14)17/h2-9H,10-11H2,1H3,(H,18,19). The van der Waals surface area contributed by atoms with Crippen molar-refractivity contribution >= 4 is 5.91 Å². The Balaban J connectivity index is 1.90. The van der Waals surface area contributed by atoms with Gasteiger partial charge in [-0.25, -0.2) is 4.39 Å². The van der Waals surface area contributed by atoms with E-state index in [-0.39, 0.29) is 18.3 Å². The summed E-state index contributed by atoms with van der Waals surface area (Å²) >= 11 is 0. The zero-order valence-corrected chi connectivity index (χ0v) is 10.8. The number of nitrogens with one attached hydrogen (secondary N) is 1. The summed E-state index contributed by atoms with van der Waals surface area (Å²) in [6, 6.07) is 14.2. The fourth-order valence-corrected chi connectivity index (χ4v) is 1.91. The van der Waals surface area contributed by atoms with Gasteiger partial charge in [0.2, 0.25) is 5.91 Å². The summed E-state index contributed by atoms with van der Waals surface area (Å²) in [6.45, 7) is 2.21. The number of amides is 1. The normalized spacial score (nSPS) is 10.2. The van der Waals surface area contributed by atoms with Crippen LogP contribution in [0.3, 0.4) is 0 Å². The van der Waals surface area contributed by atoms with Crippen molar-refractivity contribution in [2.75, 3.05) is 0 Å². The van der Waals surface area contributed by atoms with Crippen LogP contribution in [0.5, 0.6) is 0 Å². The summed E-state index contributed by atoms with van der Waals surface area (Å²) in [5.74, 6) is -0.396. The van der Waals surface area contributed by atoms with Crippen LogP contribution in [0.25, 0.3) is 0 Å². The second kappa shape index (κ2) is 6.14. The molecule has 1 amide bonds. The minimum Gasteiger partial charge on any atom is -0.352 e. The van der Waals surface area contributed by atoms with Crippen LogP contribution in [0.2, 0.25) is 0 Å². The lowest BCUT2D eigenvalue weighted by atomic mass is 10.1. The molecule has 2 nitrogen and oxygen atoms in total. The predicted octanol–water partition coefficient (Wildman–Crippen LogP) is 2.99. The van der Waals surface area contributed by atoms with Gasteiger partial charge in [-0.1, -0.05) is 48.0 Å². The molecule has 0 spiro atoms. The number of hydrogen-bond acceptors (Lipinski definition) is 1. The van der Waals surface area contributed by atoms with Crippen LogP contribution in [-0.2, 0) is 17.8 Å². The zero-order valence-electron chi connectivity index (χ0n) is 10.8. The van der Waals surface area contributed by atoms with Crippen molar-refractivity contribution < 1.29 is 9.18 Å². The molecule has 3 heteroatoms. The number of aryl methyl sites for hydroxylation is 1. The number of carbonyl (C=O) groups excluding carboxylic acids is 1. The second-order valence-corrected chi connectivity index (χ2v) is 4.53. The Hall–Kier alpha value is -2.16. The average molecular weight is 257 g/mol. The molecule has 0 aliphatic carbocycles. The molecule has 2 aromatic rings. The molecule has 0 unspecified atom stereocenters. The van der Waals surface area contributed by atoms with E-state index in [4.69, 9.17) is 0 Å². The first-order valence-electron chi connectivity index (χ1n) is 6.21. The highest BCUT2D eigenvalue weighted by atomic mass is 19.1. The Morgan fingerprint density at radius 3 is 2.68 bits per heavy atom. The molecule has 0 heterocycles. The number of carbonyl (C=O) groups is 1. The number of halogens is 1. The van der Waals surface area contributed by atoms with Gasteiger partial charge in [-0.3, -0.25) is 4.79 Å². The molecule has 0 radical (unpaired) electrons. The van der Waals surface area contributed by atoms with Gasteiger partial charge >= 0.3 is 0 Å². The van der Waals surface area contributed by atoms with Gasteiger partial charge in [0.05, 0.1) is 6.42 Å². The molecule has 0 aliphatic rings. The second-order valence-electron chi connectivity index (χ2n) is 4.53. The lowest BCUT2D eigenvalue weighted by molar-refractivity contribution is -0.120. The molecule has 0 saturated heterocycles. The van der Waals surface area contributed by atoms with E-state index in [0.717, 1.165) is 11.1 Å². The summed E-state index contributed by atoms with van der Waals surface area (Å²) in [4.78, 5) is 11.8.